The summed E-state index contributed by atoms with van der Waals surface area (Å²) in [6.07, 6.45) is 1.25. The van der Waals surface area contributed by atoms with E-state index in [2.05, 4.69) is 10.5 Å². The number of anilines is 2. The number of amides is 2. The predicted molar refractivity (Wildman–Crippen MR) is 86.3 cm³/mol. The second kappa shape index (κ2) is 6.43. The number of carbonyl (C=O) groups is 2. The molecule has 2 heterocycles. The van der Waals surface area contributed by atoms with E-state index in [0.717, 1.165) is 5.56 Å². The maximum Gasteiger partial charge on any atom is 0.229 e. The van der Waals surface area contributed by atoms with Crippen molar-refractivity contribution in [3.8, 4) is 0 Å². The molecular weight excluding hydrogens is 313 g/mol. The molecule has 1 N–H and O–H groups in total. The Morgan fingerprint density at radius 3 is 2.83 bits per heavy atom. The van der Waals surface area contributed by atoms with Gasteiger partial charge in [0, 0.05) is 24.2 Å². The minimum absolute atomic E-state index is 0.104. The number of aryl methyl sites for hydroxylation is 2. The van der Waals surface area contributed by atoms with E-state index < -0.39 is 5.82 Å². The molecule has 1 aliphatic heterocycles. The zero-order valence-electron chi connectivity index (χ0n) is 13.6. The average molecular weight is 331 g/mol. The summed E-state index contributed by atoms with van der Waals surface area (Å²) in [6, 6.07) is 4.22. The lowest BCUT2D eigenvalue weighted by Gasteiger charge is -2.17. The fourth-order valence-electron chi connectivity index (χ4n) is 2.82. The third kappa shape index (κ3) is 3.15. The molecule has 1 saturated heterocycles. The molecule has 0 aliphatic carbocycles. The highest BCUT2D eigenvalue weighted by molar-refractivity contribution is 5.97. The molecule has 0 unspecified atom stereocenters. The van der Waals surface area contributed by atoms with Gasteiger partial charge in [-0.05, 0) is 38.5 Å². The van der Waals surface area contributed by atoms with E-state index in [1.54, 1.807) is 13.8 Å². The summed E-state index contributed by atoms with van der Waals surface area (Å²) in [5.74, 6) is -0.234. The molecule has 0 radical (unpaired) electrons. The summed E-state index contributed by atoms with van der Waals surface area (Å²) in [5.41, 5.74) is 2.06. The Morgan fingerprint density at radius 1 is 1.42 bits per heavy atom. The molecule has 0 bridgehead atoms. The number of carbonyl (C=O) groups excluding carboxylic acids is 2. The lowest BCUT2D eigenvalue weighted by molar-refractivity contribution is -0.117. The number of hydrogen-bond donors (Lipinski definition) is 1. The second-order valence-corrected chi connectivity index (χ2v) is 5.84. The molecule has 1 aromatic heterocycles. The first-order valence-electron chi connectivity index (χ1n) is 7.77. The Labute approximate surface area is 138 Å². The Balaban J connectivity index is 1.75. The van der Waals surface area contributed by atoms with Crippen LogP contribution in [0, 0.1) is 19.7 Å². The molecule has 1 aliphatic rings. The molecule has 6 nitrogen and oxygen atoms in total. The average Bonchev–Trinajstić information content (AvgIpc) is 3.10. The summed E-state index contributed by atoms with van der Waals surface area (Å²) >= 11 is 0. The zero-order valence-corrected chi connectivity index (χ0v) is 13.6. The summed E-state index contributed by atoms with van der Waals surface area (Å²) in [7, 11) is 0. The van der Waals surface area contributed by atoms with Crippen LogP contribution >= 0.6 is 0 Å². The molecule has 0 saturated carbocycles. The van der Waals surface area contributed by atoms with Crippen LogP contribution < -0.4 is 10.2 Å². The van der Waals surface area contributed by atoms with Crippen LogP contribution in [0.15, 0.2) is 22.7 Å². The van der Waals surface area contributed by atoms with Gasteiger partial charge in [0.25, 0.3) is 0 Å². The van der Waals surface area contributed by atoms with Gasteiger partial charge in [-0.25, -0.2) is 4.39 Å². The summed E-state index contributed by atoms with van der Waals surface area (Å²) in [5, 5.41) is 6.54. The molecule has 24 heavy (non-hydrogen) atoms. The third-order valence-corrected chi connectivity index (χ3v) is 4.11. The Bertz CT molecular complexity index is 781. The van der Waals surface area contributed by atoms with Crippen molar-refractivity contribution in [2.45, 2.75) is 33.1 Å². The number of nitrogens with one attached hydrogen (secondary N) is 1. The molecule has 2 amide bonds. The van der Waals surface area contributed by atoms with Crippen molar-refractivity contribution >= 4 is 23.2 Å². The zero-order chi connectivity index (χ0) is 17.3. The number of nitrogens with zero attached hydrogens (tertiary/aromatic N) is 2. The SMILES string of the molecule is Cc1noc(C)c1CC(=O)Nc1ccc(F)c(N2CCCC2=O)c1. The molecular formula is C17H18FN3O3. The van der Waals surface area contributed by atoms with Crippen LogP contribution in [-0.2, 0) is 16.0 Å². The van der Waals surface area contributed by atoms with Crippen LogP contribution in [0.1, 0.15) is 29.9 Å². The summed E-state index contributed by atoms with van der Waals surface area (Å²) < 4.78 is 19.1. The monoisotopic (exact) mass is 331 g/mol. The van der Waals surface area contributed by atoms with Crippen molar-refractivity contribution < 1.29 is 18.5 Å². The van der Waals surface area contributed by atoms with Crippen molar-refractivity contribution in [3.05, 3.63) is 41.0 Å². The van der Waals surface area contributed by atoms with Crippen molar-refractivity contribution in [1.82, 2.24) is 5.16 Å². The molecule has 7 heteroatoms. The van der Waals surface area contributed by atoms with E-state index in [9.17, 15) is 14.0 Å². The van der Waals surface area contributed by atoms with Gasteiger partial charge in [0.05, 0.1) is 17.8 Å². The van der Waals surface area contributed by atoms with Crippen LogP contribution in [0.3, 0.4) is 0 Å². The predicted octanol–water partition coefficient (Wildman–Crippen LogP) is 2.74. The van der Waals surface area contributed by atoms with Gasteiger partial charge in [-0.3, -0.25) is 9.59 Å². The second-order valence-electron chi connectivity index (χ2n) is 5.84. The van der Waals surface area contributed by atoms with E-state index in [-0.39, 0.29) is 23.9 Å². The first kappa shape index (κ1) is 16.2. The van der Waals surface area contributed by atoms with Gasteiger partial charge in [0.2, 0.25) is 11.8 Å². The molecule has 0 spiro atoms. The lowest BCUT2D eigenvalue weighted by atomic mass is 10.1. The Morgan fingerprint density at radius 2 is 2.21 bits per heavy atom. The Kier molecular flexibility index (Phi) is 4.33. The highest BCUT2D eigenvalue weighted by Crippen LogP contribution is 2.27. The van der Waals surface area contributed by atoms with E-state index in [1.165, 1.54) is 23.1 Å². The number of benzene rings is 1. The van der Waals surface area contributed by atoms with Gasteiger partial charge < -0.3 is 14.7 Å². The first-order chi connectivity index (χ1) is 11.5. The quantitative estimate of drug-likeness (QED) is 0.935. The molecule has 2 aromatic rings. The van der Waals surface area contributed by atoms with Gasteiger partial charge >= 0.3 is 0 Å². The summed E-state index contributed by atoms with van der Waals surface area (Å²) in [6.45, 7) is 4.01. The van der Waals surface area contributed by atoms with Gasteiger partial charge in [-0.1, -0.05) is 5.16 Å². The van der Waals surface area contributed by atoms with Gasteiger partial charge in [0.15, 0.2) is 0 Å². The van der Waals surface area contributed by atoms with Crippen LogP contribution in [0.2, 0.25) is 0 Å². The van der Waals surface area contributed by atoms with Gasteiger partial charge in [0.1, 0.15) is 11.6 Å². The number of rotatable bonds is 4. The first-order valence-corrected chi connectivity index (χ1v) is 7.77. The van der Waals surface area contributed by atoms with E-state index in [1.807, 2.05) is 0 Å². The van der Waals surface area contributed by atoms with Crippen molar-refractivity contribution in [3.63, 3.8) is 0 Å². The van der Waals surface area contributed by atoms with Crippen LogP contribution in [0.4, 0.5) is 15.8 Å². The highest BCUT2D eigenvalue weighted by atomic mass is 19.1. The maximum absolute atomic E-state index is 14.0. The number of halogens is 1. The van der Waals surface area contributed by atoms with Crippen LogP contribution in [0.25, 0.3) is 0 Å². The van der Waals surface area contributed by atoms with Crippen LogP contribution in [-0.4, -0.2) is 23.5 Å². The molecule has 1 fully saturated rings. The number of aromatic nitrogens is 1. The molecule has 1 aromatic carbocycles. The van der Waals surface area contributed by atoms with E-state index in [4.69, 9.17) is 4.52 Å². The maximum atomic E-state index is 14.0. The number of hydrogen-bond acceptors (Lipinski definition) is 4. The normalized spacial score (nSPS) is 14.3. The van der Waals surface area contributed by atoms with Crippen molar-refractivity contribution in [1.29, 1.82) is 0 Å². The van der Waals surface area contributed by atoms with Crippen molar-refractivity contribution in [2.24, 2.45) is 0 Å². The minimum Gasteiger partial charge on any atom is -0.361 e. The van der Waals surface area contributed by atoms with E-state index in [0.29, 0.717) is 36.5 Å². The van der Waals surface area contributed by atoms with Crippen LogP contribution in [0.5, 0.6) is 0 Å². The molecule has 126 valence electrons. The standard InChI is InChI=1S/C17H18FN3O3/c1-10-13(11(2)24-20-10)9-16(22)19-12-5-6-14(18)15(8-12)21-7-3-4-17(21)23/h5-6,8H,3-4,7,9H2,1-2H3,(H,19,22). The van der Waals surface area contributed by atoms with Crippen molar-refractivity contribution in [2.75, 3.05) is 16.8 Å². The largest absolute Gasteiger partial charge is 0.361 e. The fourth-order valence-corrected chi connectivity index (χ4v) is 2.82. The van der Waals surface area contributed by atoms with Gasteiger partial charge in [-0.15, -0.1) is 0 Å². The topological polar surface area (TPSA) is 75.4 Å². The van der Waals surface area contributed by atoms with E-state index >= 15 is 0 Å². The fraction of sp³-hybridized carbons (Fsp3) is 0.353. The molecule has 0 atom stereocenters. The molecule has 3 rings (SSSR count). The summed E-state index contributed by atoms with van der Waals surface area (Å²) in [4.78, 5) is 25.4. The van der Waals surface area contributed by atoms with Gasteiger partial charge in [-0.2, -0.15) is 0 Å². The minimum atomic E-state index is -0.478. The lowest BCUT2D eigenvalue weighted by Crippen LogP contribution is -2.25. The third-order valence-electron chi connectivity index (χ3n) is 4.11. The highest BCUT2D eigenvalue weighted by Gasteiger charge is 2.24. The Hall–Kier alpha value is -2.70. The smallest absolute Gasteiger partial charge is 0.229 e.